The van der Waals surface area contributed by atoms with Crippen LogP contribution >= 0.6 is 0 Å². The Bertz CT molecular complexity index is 765. The van der Waals surface area contributed by atoms with Gasteiger partial charge in [-0.3, -0.25) is 9.89 Å². The number of benzene rings is 1. The van der Waals surface area contributed by atoms with Crippen molar-refractivity contribution in [1.29, 1.82) is 0 Å². The lowest BCUT2D eigenvalue weighted by Crippen LogP contribution is -2.43. The molecule has 1 saturated heterocycles. The number of guanidine groups is 1. The molecule has 0 spiro atoms. The van der Waals surface area contributed by atoms with Crippen molar-refractivity contribution in [2.24, 2.45) is 4.99 Å². The SMILES string of the molecule is CCc1nncn1CCNC(=NCC(c1ccccc1)N1CCCC1)NC(C)CC. The Morgan fingerprint density at radius 2 is 1.93 bits per heavy atom. The van der Waals surface area contributed by atoms with E-state index in [-0.39, 0.29) is 0 Å². The van der Waals surface area contributed by atoms with Crippen LogP contribution in [0.15, 0.2) is 41.7 Å². The molecule has 0 aliphatic carbocycles. The highest BCUT2D eigenvalue weighted by Crippen LogP contribution is 2.25. The first-order valence-corrected chi connectivity index (χ1v) is 11.4. The third kappa shape index (κ3) is 6.29. The highest BCUT2D eigenvalue weighted by atomic mass is 15.3. The predicted octanol–water partition coefficient (Wildman–Crippen LogP) is 3.01. The van der Waals surface area contributed by atoms with E-state index in [0.717, 1.165) is 57.3 Å². The Kier molecular flexibility index (Phi) is 8.68. The van der Waals surface area contributed by atoms with Gasteiger partial charge in [0.25, 0.3) is 0 Å². The normalized spacial score (nSPS) is 17.1. The monoisotopic (exact) mass is 411 g/mol. The zero-order valence-electron chi connectivity index (χ0n) is 18.7. The molecule has 2 aromatic rings. The molecule has 7 heteroatoms. The smallest absolute Gasteiger partial charge is 0.191 e. The number of hydrogen-bond donors (Lipinski definition) is 2. The van der Waals surface area contributed by atoms with Crippen molar-refractivity contribution in [2.45, 2.75) is 65.1 Å². The van der Waals surface area contributed by atoms with E-state index in [1.165, 1.54) is 18.4 Å². The fourth-order valence-electron chi connectivity index (χ4n) is 3.86. The Morgan fingerprint density at radius 3 is 2.63 bits per heavy atom. The maximum atomic E-state index is 5.01. The molecule has 3 rings (SSSR count). The molecule has 0 amide bonds. The molecule has 1 aromatic heterocycles. The van der Waals surface area contributed by atoms with Crippen molar-refractivity contribution in [3.63, 3.8) is 0 Å². The first kappa shape index (κ1) is 22.3. The van der Waals surface area contributed by atoms with Crippen molar-refractivity contribution in [1.82, 2.24) is 30.3 Å². The summed E-state index contributed by atoms with van der Waals surface area (Å²) in [6.07, 6.45) is 6.31. The minimum absolute atomic E-state index is 0.328. The highest BCUT2D eigenvalue weighted by Gasteiger charge is 2.23. The molecule has 1 aliphatic rings. The average Bonchev–Trinajstić information content (AvgIpc) is 3.46. The molecular weight excluding hydrogens is 374 g/mol. The van der Waals surface area contributed by atoms with Gasteiger partial charge in [-0.2, -0.15) is 0 Å². The van der Waals surface area contributed by atoms with Crippen LogP contribution in [0.1, 0.15) is 57.5 Å². The van der Waals surface area contributed by atoms with E-state index < -0.39 is 0 Å². The molecule has 1 aromatic carbocycles. The third-order valence-corrected chi connectivity index (χ3v) is 5.84. The molecule has 2 unspecified atom stereocenters. The Balaban J connectivity index is 1.67. The topological polar surface area (TPSA) is 70.4 Å². The number of hydrogen-bond acceptors (Lipinski definition) is 4. The molecule has 1 fully saturated rings. The highest BCUT2D eigenvalue weighted by molar-refractivity contribution is 5.80. The predicted molar refractivity (Wildman–Crippen MR) is 123 cm³/mol. The molecule has 2 atom stereocenters. The zero-order valence-corrected chi connectivity index (χ0v) is 18.7. The van der Waals surface area contributed by atoms with Gasteiger partial charge in [-0.05, 0) is 44.8 Å². The van der Waals surface area contributed by atoms with Crippen LogP contribution in [-0.2, 0) is 13.0 Å². The van der Waals surface area contributed by atoms with Crippen LogP contribution in [0.4, 0.5) is 0 Å². The lowest BCUT2D eigenvalue weighted by Gasteiger charge is -2.27. The second-order valence-electron chi connectivity index (χ2n) is 8.03. The third-order valence-electron chi connectivity index (χ3n) is 5.84. The van der Waals surface area contributed by atoms with Gasteiger partial charge in [0.15, 0.2) is 5.96 Å². The standard InChI is InChI=1S/C23H37N7/c1-4-19(3)27-23(24-13-16-30-18-26-28-22(30)5-2)25-17-21(29-14-9-10-15-29)20-11-7-6-8-12-20/h6-8,11-12,18-19,21H,4-5,9-10,13-17H2,1-3H3,(H2,24,25,27). The summed E-state index contributed by atoms with van der Waals surface area (Å²) in [6.45, 7) is 11.2. The lowest BCUT2D eigenvalue weighted by molar-refractivity contribution is 0.251. The summed E-state index contributed by atoms with van der Waals surface area (Å²) in [4.78, 5) is 7.58. The Labute approximate surface area is 181 Å². The number of nitrogens with zero attached hydrogens (tertiary/aromatic N) is 5. The fourth-order valence-corrected chi connectivity index (χ4v) is 3.86. The van der Waals surface area contributed by atoms with Crippen molar-refractivity contribution in [3.05, 3.63) is 48.0 Å². The van der Waals surface area contributed by atoms with E-state index in [2.05, 4.69) is 81.4 Å². The molecule has 0 radical (unpaired) electrons. The molecular formula is C23H37N7. The van der Waals surface area contributed by atoms with Crippen LogP contribution in [0.25, 0.3) is 0 Å². The van der Waals surface area contributed by atoms with E-state index in [4.69, 9.17) is 4.99 Å². The van der Waals surface area contributed by atoms with E-state index in [1.54, 1.807) is 6.33 Å². The largest absolute Gasteiger partial charge is 0.355 e. The minimum Gasteiger partial charge on any atom is -0.355 e. The molecule has 2 N–H and O–H groups in total. The zero-order chi connectivity index (χ0) is 21.2. The summed E-state index contributed by atoms with van der Waals surface area (Å²) in [5.74, 6) is 1.90. The van der Waals surface area contributed by atoms with Gasteiger partial charge in [0.1, 0.15) is 12.2 Å². The molecule has 1 aliphatic heterocycles. The van der Waals surface area contributed by atoms with Gasteiger partial charge in [0.05, 0.1) is 12.6 Å². The molecule has 0 bridgehead atoms. The quantitative estimate of drug-likeness (QED) is 0.465. The Hall–Kier alpha value is -2.41. The van der Waals surface area contributed by atoms with Crippen LogP contribution in [0.3, 0.4) is 0 Å². The van der Waals surface area contributed by atoms with Crippen molar-refractivity contribution in [3.8, 4) is 0 Å². The summed E-state index contributed by atoms with van der Waals surface area (Å²) in [5.41, 5.74) is 1.35. The number of rotatable bonds is 10. The van der Waals surface area contributed by atoms with Gasteiger partial charge >= 0.3 is 0 Å². The lowest BCUT2D eigenvalue weighted by atomic mass is 10.1. The first-order valence-electron chi connectivity index (χ1n) is 11.4. The minimum atomic E-state index is 0.328. The van der Waals surface area contributed by atoms with E-state index in [0.29, 0.717) is 12.1 Å². The Morgan fingerprint density at radius 1 is 1.17 bits per heavy atom. The summed E-state index contributed by atoms with van der Waals surface area (Å²) in [5, 5.41) is 15.3. The second kappa shape index (κ2) is 11.7. The first-order chi connectivity index (χ1) is 14.7. The molecule has 7 nitrogen and oxygen atoms in total. The van der Waals surface area contributed by atoms with Crippen LogP contribution in [0, 0.1) is 0 Å². The van der Waals surface area contributed by atoms with E-state index in [1.807, 2.05) is 0 Å². The van der Waals surface area contributed by atoms with Gasteiger partial charge in [-0.25, -0.2) is 0 Å². The molecule has 0 saturated carbocycles. The molecule has 164 valence electrons. The van der Waals surface area contributed by atoms with Gasteiger partial charge in [-0.1, -0.05) is 44.2 Å². The van der Waals surface area contributed by atoms with Crippen molar-refractivity contribution in [2.75, 3.05) is 26.2 Å². The molecule has 30 heavy (non-hydrogen) atoms. The van der Waals surface area contributed by atoms with Gasteiger partial charge in [-0.15, -0.1) is 10.2 Å². The number of aryl methyl sites for hydroxylation is 1. The number of likely N-dealkylation sites (tertiary alicyclic amines) is 1. The maximum Gasteiger partial charge on any atom is 0.191 e. The van der Waals surface area contributed by atoms with Gasteiger partial charge in [0.2, 0.25) is 0 Å². The second-order valence-corrected chi connectivity index (χ2v) is 8.03. The fraction of sp³-hybridized carbons (Fsp3) is 0.609. The van der Waals surface area contributed by atoms with Gasteiger partial charge < -0.3 is 15.2 Å². The van der Waals surface area contributed by atoms with Crippen molar-refractivity contribution >= 4 is 5.96 Å². The van der Waals surface area contributed by atoms with Crippen LogP contribution in [0.2, 0.25) is 0 Å². The summed E-state index contributed by atoms with van der Waals surface area (Å²) < 4.78 is 2.10. The summed E-state index contributed by atoms with van der Waals surface area (Å²) >= 11 is 0. The van der Waals surface area contributed by atoms with E-state index >= 15 is 0 Å². The summed E-state index contributed by atoms with van der Waals surface area (Å²) in [6, 6.07) is 11.5. The summed E-state index contributed by atoms with van der Waals surface area (Å²) in [7, 11) is 0. The van der Waals surface area contributed by atoms with Crippen LogP contribution in [0.5, 0.6) is 0 Å². The number of aromatic nitrogens is 3. The van der Waals surface area contributed by atoms with Crippen LogP contribution in [-0.4, -0.2) is 57.8 Å². The van der Waals surface area contributed by atoms with E-state index in [9.17, 15) is 0 Å². The van der Waals surface area contributed by atoms with Crippen molar-refractivity contribution < 1.29 is 0 Å². The number of aliphatic imine (C=N–C) groups is 1. The van der Waals surface area contributed by atoms with Gasteiger partial charge in [0, 0.05) is 25.6 Å². The maximum absolute atomic E-state index is 5.01. The average molecular weight is 412 g/mol. The number of nitrogens with one attached hydrogen (secondary N) is 2. The van der Waals surface area contributed by atoms with Crippen LogP contribution < -0.4 is 10.6 Å². The molecule has 2 heterocycles.